The predicted octanol–water partition coefficient (Wildman–Crippen LogP) is 3.25. The van der Waals surface area contributed by atoms with E-state index in [0.29, 0.717) is 0 Å². The SMILES string of the molecule is CC(N)C(Oc1ccc(Br)c(F)c1)C(F)(F)F. The van der Waals surface area contributed by atoms with Crippen molar-refractivity contribution >= 4 is 15.9 Å². The van der Waals surface area contributed by atoms with Gasteiger partial charge in [0.05, 0.1) is 4.47 Å². The number of hydrogen-bond acceptors (Lipinski definition) is 2. The zero-order chi connectivity index (χ0) is 13.2. The molecule has 0 bridgehead atoms. The number of halogens is 5. The van der Waals surface area contributed by atoms with Crippen LogP contribution in [0.15, 0.2) is 22.7 Å². The fourth-order valence-corrected chi connectivity index (χ4v) is 1.42. The standard InChI is InChI=1S/C10H10BrF4NO/c1-5(16)9(10(13,14)15)17-6-2-3-7(11)8(12)4-6/h2-5,9H,16H2,1H3. The lowest BCUT2D eigenvalue weighted by Gasteiger charge is -2.24. The maximum Gasteiger partial charge on any atom is 0.426 e. The van der Waals surface area contributed by atoms with Crippen LogP contribution in [0.25, 0.3) is 0 Å². The highest BCUT2D eigenvalue weighted by Crippen LogP contribution is 2.28. The van der Waals surface area contributed by atoms with E-state index in [1.165, 1.54) is 19.1 Å². The molecule has 0 amide bonds. The largest absolute Gasteiger partial charge is 0.479 e. The van der Waals surface area contributed by atoms with Gasteiger partial charge >= 0.3 is 6.18 Å². The van der Waals surface area contributed by atoms with Crippen LogP contribution in [-0.2, 0) is 0 Å². The molecule has 1 aromatic carbocycles. The maximum absolute atomic E-state index is 13.1. The van der Waals surface area contributed by atoms with Crippen LogP contribution < -0.4 is 10.5 Å². The molecule has 2 unspecified atom stereocenters. The van der Waals surface area contributed by atoms with Crippen molar-refractivity contribution < 1.29 is 22.3 Å². The molecule has 17 heavy (non-hydrogen) atoms. The number of nitrogens with two attached hydrogens (primary N) is 1. The molecule has 1 aromatic rings. The second kappa shape index (κ2) is 5.22. The lowest BCUT2D eigenvalue weighted by molar-refractivity contribution is -0.199. The molecule has 0 aliphatic heterocycles. The van der Waals surface area contributed by atoms with Gasteiger partial charge in [-0.3, -0.25) is 0 Å². The molecule has 2 atom stereocenters. The summed E-state index contributed by atoms with van der Waals surface area (Å²) in [6.07, 6.45) is -6.76. The Balaban J connectivity index is 2.91. The van der Waals surface area contributed by atoms with Crippen LogP contribution >= 0.6 is 15.9 Å². The summed E-state index contributed by atoms with van der Waals surface area (Å²) in [4.78, 5) is 0. The molecule has 0 spiro atoms. The first-order valence-corrected chi connectivity index (χ1v) is 5.45. The van der Waals surface area contributed by atoms with E-state index in [2.05, 4.69) is 20.7 Å². The Hall–Kier alpha value is -0.820. The Bertz CT molecular complexity index is 394. The molecule has 1 rings (SSSR count). The Kier molecular flexibility index (Phi) is 4.37. The van der Waals surface area contributed by atoms with E-state index >= 15 is 0 Å². The van der Waals surface area contributed by atoms with E-state index in [1.807, 2.05) is 0 Å². The molecule has 0 saturated heterocycles. The Morgan fingerprint density at radius 1 is 1.35 bits per heavy atom. The van der Waals surface area contributed by atoms with E-state index in [0.717, 1.165) is 6.07 Å². The van der Waals surface area contributed by atoms with Crippen LogP contribution in [0.2, 0.25) is 0 Å². The van der Waals surface area contributed by atoms with Crippen molar-refractivity contribution in [2.24, 2.45) is 5.73 Å². The molecule has 2 N–H and O–H groups in total. The van der Waals surface area contributed by atoms with Crippen molar-refractivity contribution in [3.63, 3.8) is 0 Å². The summed E-state index contributed by atoms with van der Waals surface area (Å²) in [5, 5.41) is 0. The highest BCUT2D eigenvalue weighted by atomic mass is 79.9. The van der Waals surface area contributed by atoms with Crippen molar-refractivity contribution in [3.05, 3.63) is 28.5 Å². The molecule has 2 nitrogen and oxygen atoms in total. The van der Waals surface area contributed by atoms with E-state index in [1.54, 1.807) is 0 Å². The minimum absolute atomic E-state index is 0.147. The summed E-state index contributed by atoms with van der Waals surface area (Å²) in [6.45, 7) is 1.17. The molecule has 96 valence electrons. The van der Waals surface area contributed by atoms with E-state index in [4.69, 9.17) is 5.73 Å². The van der Waals surface area contributed by atoms with E-state index < -0.39 is 24.1 Å². The summed E-state index contributed by atoms with van der Waals surface area (Å²) >= 11 is 2.89. The first-order valence-electron chi connectivity index (χ1n) is 4.66. The first-order chi connectivity index (χ1) is 7.71. The number of ether oxygens (including phenoxy) is 1. The van der Waals surface area contributed by atoms with Crippen LogP contribution in [0.4, 0.5) is 17.6 Å². The van der Waals surface area contributed by atoms with Gasteiger partial charge in [0.1, 0.15) is 11.6 Å². The van der Waals surface area contributed by atoms with Gasteiger partial charge in [-0.1, -0.05) is 0 Å². The average Bonchev–Trinajstić information content (AvgIpc) is 2.17. The molecule has 7 heteroatoms. The molecule has 0 aliphatic rings. The first kappa shape index (κ1) is 14.2. The Morgan fingerprint density at radius 3 is 2.35 bits per heavy atom. The monoisotopic (exact) mass is 315 g/mol. The van der Waals surface area contributed by atoms with E-state index in [-0.39, 0.29) is 10.2 Å². The lowest BCUT2D eigenvalue weighted by atomic mass is 10.2. The van der Waals surface area contributed by atoms with Crippen molar-refractivity contribution in [3.8, 4) is 5.75 Å². The van der Waals surface area contributed by atoms with Crippen molar-refractivity contribution in [2.45, 2.75) is 25.2 Å². The van der Waals surface area contributed by atoms with Crippen LogP contribution in [0.5, 0.6) is 5.75 Å². The normalized spacial score (nSPS) is 15.5. The third-order valence-corrected chi connectivity index (χ3v) is 2.60. The highest BCUT2D eigenvalue weighted by Gasteiger charge is 2.44. The summed E-state index contributed by atoms with van der Waals surface area (Å²) in [7, 11) is 0. The summed E-state index contributed by atoms with van der Waals surface area (Å²) in [6, 6.07) is 2.11. The van der Waals surface area contributed by atoms with Gasteiger partial charge < -0.3 is 10.5 Å². The van der Waals surface area contributed by atoms with Crippen molar-refractivity contribution in [1.29, 1.82) is 0 Å². The minimum atomic E-state index is -4.60. The highest BCUT2D eigenvalue weighted by molar-refractivity contribution is 9.10. The Morgan fingerprint density at radius 2 is 1.94 bits per heavy atom. The molecule has 0 heterocycles. The van der Waals surface area contributed by atoms with Gasteiger partial charge in [-0.2, -0.15) is 13.2 Å². The van der Waals surface area contributed by atoms with Crippen molar-refractivity contribution in [2.75, 3.05) is 0 Å². The fourth-order valence-electron chi connectivity index (χ4n) is 1.17. The van der Waals surface area contributed by atoms with Gasteiger partial charge in [0.15, 0.2) is 0 Å². The number of hydrogen-bond donors (Lipinski definition) is 1. The van der Waals surface area contributed by atoms with E-state index in [9.17, 15) is 17.6 Å². The zero-order valence-corrected chi connectivity index (χ0v) is 10.3. The minimum Gasteiger partial charge on any atom is -0.479 e. The Labute approximate surface area is 104 Å². The molecule has 0 aliphatic carbocycles. The number of rotatable bonds is 3. The quantitative estimate of drug-likeness (QED) is 0.869. The van der Waals surface area contributed by atoms with Gasteiger partial charge in [-0.05, 0) is 35.0 Å². The molecule has 0 aromatic heterocycles. The predicted molar refractivity (Wildman–Crippen MR) is 58.2 cm³/mol. The van der Waals surface area contributed by atoms with Crippen LogP contribution in [-0.4, -0.2) is 18.3 Å². The van der Waals surface area contributed by atoms with Gasteiger partial charge in [0, 0.05) is 12.1 Å². The lowest BCUT2D eigenvalue weighted by Crippen LogP contribution is -2.47. The number of benzene rings is 1. The van der Waals surface area contributed by atoms with Crippen LogP contribution in [0.3, 0.4) is 0 Å². The van der Waals surface area contributed by atoms with Gasteiger partial charge in [0.25, 0.3) is 0 Å². The average molecular weight is 316 g/mol. The fraction of sp³-hybridized carbons (Fsp3) is 0.400. The van der Waals surface area contributed by atoms with Crippen LogP contribution in [0, 0.1) is 5.82 Å². The molecule has 0 saturated carbocycles. The smallest absolute Gasteiger partial charge is 0.426 e. The molecule has 0 radical (unpaired) electrons. The second-order valence-corrected chi connectivity index (χ2v) is 4.37. The number of alkyl halides is 3. The zero-order valence-electron chi connectivity index (χ0n) is 8.76. The second-order valence-electron chi connectivity index (χ2n) is 3.52. The topological polar surface area (TPSA) is 35.2 Å². The molecular weight excluding hydrogens is 306 g/mol. The maximum atomic E-state index is 13.1. The summed E-state index contributed by atoms with van der Waals surface area (Å²) in [5.41, 5.74) is 5.19. The molecule has 0 fully saturated rings. The molecular formula is C10H10BrF4NO. The van der Waals surface area contributed by atoms with Gasteiger partial charge in [-0.15, -0.1) is 0 Å². The summed E-state index contributed by atoms with van der Waals surface area (Å²) in [5.74, 6) is -0.918. The van der Waals surface area contributed by atoms with Crippen LogP contribution in [0.1, 0.15) is 6.92 Å². The third kappa shape index (κ3) is 3.85. The summed E-state index contributed by atoms with van der Waals surface area (Å²) < 4.78 is 55.5. The van der Waals surface area contributed by atoms with Gasteiger partial charge in [0.2, 0.25) is 6.10 Å². The van der Waals surface area contributed by atoms with Crippen molar-refractivity contribution in [1.82, 2.24) is 0 Å². The van der Waals surface area contributed by atoms with Gasteiger partial charge in [-0.25, -0.2) is 4.39 Å². The third-order valence-electron chi connectivity index (χ3n) is 1.95.